The Labute approximate surface area is 174 Å². The summed E-state index contributed by atoms with van der Waals surface area (Å²) in [6, 6.07) is 11.2. The summed E-state index contributed by atoms with van der Waals surface area (Å²) in [5.74, 6) is 0. The summed E-state index contributed by atoms with van der Waals surface area (Å²) in [6.45, 7) is -0.0633. The number of hydrogen-bond acceptors (Lipinski definition) is 6. The zero-order chi connectivity index (χ0) is 21.1. The monoisotopic (exact) mass is 427 g/mol. The van der Waals surface area contributed by atoms with E-state index in [1.54, 1.807) is 12.4 Å². The first-order valence-electron chi connectivity index (χ1n) is 9.67. The standard InChI is InChI=1S/C20H21N5O4S/c26-25(27)18-7-3-4-8-20(18)30(28,29)22-14-16-13-19(15-9-11-21-12-10-15)24(23-16)17-5-1-2-6-17/h3-4,7-13,17,22H,1-2,5-6,14H2. The third-order valence-electron chi connectivity index (χ3n) is 5.23. The predicted molar refractivity (Wildman–Crippen MR) is 110 cm³/mol. The Morgan fingerprint density at radius 2 is 1.83 bits per heavy atom. The first-order valence-corrected chi connectivity index (χ1v) is 11.2. The minimum absolute atomic E-state index is 0.0633. The van der Waals surface area contributed by atoms with Gasteiger partial charge in [0.1, 0.15) is 0 Å². The summed E-state index contributed by atoms with van der Waals surface area (Å²) in [4.78, 5) is 14.2. The third kappa shape index (κ3) is 4.10. The van der Waals surface area contributed by atoms with E-state index in [-0.39, 0.29) is 17.5 Å². The largest absolute Gasteiger partial charge is 0.289 e. The highest BCUT2D eigenvalue weighted by molar-refractivity contribution is 7.89. The molecule has 0 unspecified atom stereocenters. The highest BCUT2D eigenvalue weighted by atomic mass is 32.2. The molecule has 1 fully saturated rings. The van der Waals surface area contributed by atoms with Crippen LogP contribution in [0.25, 0.3) is 11.3 Å². The number of nitrogens with one attached hydrogen (secondary N) is 1. The smallest absolute Gasteiger partial charge is 0.265 e. The molecule has 2 aromatic heterocycles. The molecule has 10 heteroatoms. The molecule has 0 saturated heterocycles. The number of nitrogens with zero attached hydrogens (tertiary/aromatic N) is 4. The fourth-order valence-electron chi connectivity index (χ4n) is 3.78. The van der Waals surface area contributed by atoms with Gasteiger partial charge < -0.3 is 0 Å². The lowest BCUT2D eigenvalue weighted by molar-refractivity contribution is -0.387. The molecule has 4 rings (SSSR count). The van der Waals surface area contributed by atoms with Gasteiger partial charge in [-0.05, 0) is 37.1 Å². The second-order valence-corrected chi connectivity index (χ2v) is 8.92. The molecule has 1 N–H and O–H groups in total. The normalized spacial score (nSPS) is 14.8. The van der Waals surface area contributed by atoms with Crippen molar-refractivity contribution in [1.82, 2.24) is 19.5 Å². The second-order valence-electron chi connectivity index (χ2n) is 7.19. The Hall–Kier alpha value is -3.11. The molecular weight excluding hydrogens is 406 g/mol. The van der Waals surface area contributed by atoms with E-state index in [0.29, 0.717) is 5.69 Å². The molecule has 0 bridgehead atoms. The van der Waals surface area contributed by atoms with Crippen LogP contribution in [0.5, 0.6) is 0 Å². The van der Waals surface area contributed by atoms with Gasteiger partial charge in [-0.2, -0.15) is 5.10 Å². The van der Waals surface area contributed by atoms with Crippen molar-refractivity contribution >= 4 is 15.7 Å². The fourth-order valence-corrected chi connectivity index (χ4v) is 4.95. The van der Waals surface area contributed by atoms with Crippen molar-refractivity contribution in [3.8, 4) is 11.3 Å². The van der Waals surface area contributed by atoms with Gasteiger partial charge in [0.05, 0.1) is 28.9 Å². The van der Waals surface area contributed by atoms with Crippen molar-refractivity contribution in [1.29, 1.82) is 0 Å². The maximum Gasteiger partial charge on any atom is 0.289 e. The van der Waals surface area contributed by atoms with Crippen molar-refractivity contribution in [3.63, 3.8) is 0 Å². The van der Waals surface area contributed by atoms with Gasteiger partial charge in [-0.25, -0.2) is 13.1 Å². The van der Waals surface area contributed by atoms with Crippen LogP contribution in [0.3, 0.4) is 0 Å². The summed E-state index contributed by atoms with van der Waals surface area (Å²) >= 11 is 0. The minimum Gasteiger partial charge on any atom is -0.265 e. The van der Waals surface area contributed by atoms with E-state index in [0.717, 1.165) is 36.9 Å². The van der Waals surface area contributed by atoms with Crippen LogP contribution in [0.2, 0.25) is 0 Å². The van der Waals surface area contributed by atoms with Crippen LogP contribution in [0.4, 0.5) is 5.69 Å². The van der Waals surface area contributed by atoms with Crippen LogP contribution in [0.1, 0.15) is 37.4 Å². The topological polar surface area (TPSA) is 120 Å². The summed E-state index contributed by atoms with van der Waals surface area (Å²) in [7, 11) is -4.07. The van der Waals surface area contributed by atoms with E-state index in [1.165, 1.54) is 24.3 Å². The molecule has 2 heterocycles. The van der Waals surface area contributed by atoms with Crippen molar-refractivity contribution in [3.05, 3.63) is 70.7 Å². The molecule has 0 aliphatic heterocycles. The maximum atomic E-state index is 12.7. The second kappa shape index (κ2) is 8.33. The Morgan fingerprint density at radius 3 is 2.53 bits per heavy atom. The van der Waals surface area contributed by atoms with Gasteiger partial charge in [-0.15, -0.1) is 0 Å². The molecular formula is C20H21N5O4S. The zero-order valence-corrected chi connectivity index (χ0v) is 17.0. The Bertz CT molecular complexity index is 1150. The van der Waals surface area contributed by atoms with Crippen molar-refractivity contribution in [2.45, 2.75) is 43.2 Å². The summed E-state index contributed by atoms with van der Waals surface area (Å²) in [5, 5.41) is 15.8. The fraction of sp³-hybridized carbons (Fsp3) is 0.300. The number of sulfonamides is 1. The number of nitro benzene ring substituents is 1. The Morgan fingerprint density at radius 1 is 1.13 bits per heavy atom. The maximum absolute atomic E-state index is 12.7. The minimum atomic E-state index is -4.07. The number of para-hydroxylation sites is 1. The van der Waals surface area contributed by atoms with Crippen LogP contribution in [-0.4, -0.2) is 28.1 Å². The van der Waals surface area contributed by atoms with Gasteiger partial charge in [0.2, 0.25) is 10.0 Å². The molecule has 30 heavy (non-hydrogen) atoms. The van der Waals surface area contributed by atoms with Crippen molar-refractivity contribution in [2.75, 3.05) is 0 Å². The van der Waals surface area contributed by atoms with E-state index < -0.39 is 20.6 Å². The highest BCUT2D eigenvalue weighted by Crippen LogP contribution is 2.33. The SMILES string of the molecule is O=[N+]([O-])c1ccccc1S(=O)(=O)NCc1cc(-c2ccncc2)n(C2CCCC2)n1. The molecule has 0 spiro atoms. The zero-order valence-electron chi connectivity index (χ0n) is 16.1. The van der Waals surface area contributed by atoms with Crippen LogP contribution < -0.4 is 4.72 Å². The van der Waals surface area contributed by atoms with E-state index in [1.807, 2.05) is 22.9 Å². The van der Waals surface area contributed by atoms with Gasteiger partial charge in [0, 0.05) is 24.0 Å². The van der Waals surface area contributed by atoms with Crippen molar-refractivity contribution < 1.29 is 13.3 Å². The molecule has 9 nitrogen and oxygen atoms in total. The van der Waals surface area contributed by atoms with Gasteiger partial charge in [0.25, 0.3) is 5.69 Å². The predicted octanol–water partition coefficient (Wildman–Crippen LogP) is 3.45. The molecule has 1 aliphatic carbocycles. The first-order chi connectivity index (χ1) is 14.5. The molecule has 1 aromatic carbocycles. The van der Waals surface area contributed by atoms with E-state index in [9.17, 15) is 18.5 Å². The molecule has 0 radical (unpaired) electrons. The lowest BCUT2D eigenvalue weighted by Gasteiger charge is -2.14. The molecule has 0 atom stereocenters. The molecule has 3 aromatic rings. The first kappa shape index (κ1) is 20.2. The van der Waals surface area contributed by atoms with E-state index >= 15 is 0 Å². The quantitative estimate of drug-likeness (QED) is 0.455. The van der Waals surface area contributed by atoms with E-state index in [4.69, 9.17) is 0 Å². The van der Waals surface area contributed by atoms with Gasteiger partial charge in [0.15, 0.2) is 4.90 Å². The summed E-state index contributed by atoms with van der Waals surface area (Å²) < 4.78 is 29.8. The average molecular weight is 427 g/mol. The van der Waals surface area contributed by atoms with Crippen molar-refractivity contribution in [2.24, 2.45) is 0 Å². The molecule has 0 amide bonds. The van der Waals surface area contributed by atoms with Gasteiger partial charge in [-0.3, -0.25) is 19.8 Å². The number of benzene rings is 1. The van der Waals surface area contributed by atoms with Crippen LogP contribution >= 0.6 is 0 Å². The highest BCUT2D eigenvalue weighted by Gasteiger charge is 2.26. The van der Waals surface area contributed by atoms with Gasteiger partial charge in [-0.1, -0.05) is 25.0 Å². The third-order valence-corrected chi connectivity index (χ3v) is 6.68. The number of pyridine rings is 1. The van der Waals surface area contributed by atoms with Crippen LogP contribution in [0.15, 0.2) is 59.8 Å². The molecule has 156 valence electrons. The number of rotatable bonds is 7. The van der Waals surface area contributed by atoms with Crippen LogP contribution in [0, 0.1) is 10.1 Å². The summed E-state index contributed by atoms with van der Waals surface area (Å²) in [6.07, 6.45) is 7.75. The Balaban J connectivity index is 1.62. The molecule has 1 saturated carbocycles. The number of hydrogen-bond donors (Lipinski definition) is 1. The molecule has 1 aliphatic rings. The Kier molecular flexibility index (Phi) is 5.60. The van der Waals surface area contributed by atoms with Crippen LogP contribution in [-0.2, 0) is 16.6 Å². The average Bonchev–Trinajstić information content (AvgIpc) is 3.43. The lowest BCUT2D eigenvalue weighted by Crippen LogP contribution is -2.24. The number of aromatic nitrogens is 3. The lowest BCUT2D eigenvalue weighted by atomic mass is 10.1. The summed E-state index contributed by atoms with van der Waals surface area (Å²) in [5.41, 5.74) is 1.95. The van der Waals surface area contributed by atoms with E-state index in [2.05, 4.69) is 14.8 Å². The van der Waals surface area contributed by atoms with Gasteiger partial charge >= 0.3 is 0 Å². The number of nitro groups is 1.